The van der Waals surface area contributed by atoms with E-state index in [1.807, 2.05) is 26.0 Å². The van der Waals surface area contributed by atoms with Gasteiger partial charge in [-0.15, -0.1) is 0 Å². The number of hydrogen-bond acceptors (Lipinski definition) is 3. The number of carbonyl (C=O) groups is 3. The summed E-state index contributed by atoms with van der Waals surface area (Å²) >= 11 is 0. The predicted octanol–water partition coefficient (Wildman–Crippen LogP) is 3.12. The Labute approximate surface area is 145 Å². The molecule has 25 heavy (non-hydrogen) atoms. The number of aryl methyl sites for hydroxylation is 2. The molecule has 0 spiro atoms. The highest BCUT2D eigenvalue weighted by Crippen LogP contribution is 2.29. The number of rotatable bonds is 4. The zero-order valence-corrected chi connectivity index (χ0v) is 14.2. The molecule has 2 amide bonds. The maximum absolute atomic E-state index is 12.7. The number of carboxylic acid groups (broad SMARTS) is 1. The van der Waals surface area contributed by atoms with Gasteiger partial charge in [-0.25, -0.2) is 4.79 Å². The van der Waals surface area contributed by atoms with Crippen LogP contribution in [0.2, 0.25) is 0 Å². The molecule has 1 N–H and O–H groups in total. The quantitative estimate of drug-likeness (QED) is 0.870. The van der Waals surface area contributed by atoms with Gasteiger partial charge in [0.05, 0.1) is 17.2 Å². The molecule has 1 saturated heterocycles. The molecule has 0 aliphatic carbocycles. The van der Waals surface area contributed by atoms with Gasteiger partial charge in [-0.05, 0) is 50.1 Å². The highest BCUT2D eigenvalue weighted by atomic mass is 16.4. The van der Waals surface area contributed by atoms with E-state index in [0.29, 0.717) is 12.1 Å². The molecule has 1 atom stereocenters. The summed E-state index contributed by atoms with van der Waals surface area (Å²) in [6.07, 6.45) is 0.698. The van der Waals surface area contributed by atoms with Gasteiger partial charge in [-0.2, -0.15) is 0 Å². The average Bonchev–Trinajstić information content (AvgIpc) is 2.80. The van der Waals surface area contributed by atoms with Gasteiger partial charge in [0.2, 0.25) is 11.8 Å². The Morgan fingerprint density at radius 1 is 1.08 bits per heavy atom. The van der Waals surface area contributed by atoms with Crippen LogP contribution in [-0.2, 0) is 16.0 Å². The van der Waals surface area contributed by atoms with Crippen molar-refractivity contribution in [1.29, 1.82) is 0 Å². The second-order valence-corrected chi connectivity index (χ2v) is 6.52. The topological polar surface area (TPSA) is 74.7 Å². The predicted molar refractivity (Wildman–Crippen MR) is 93.6 cm³/mol. The summed E-state index contributed by atoms with van der Waals surface area (Å²) in [7, 11) is 0. The van der Waals surface area contributed by atoms with E-state index in [1.165, 1.54) is 29.2 Å². The number of amides is 2. The number of aromatic carboxylic acids is 1. The molecule has 1 aliphatic rings. The second-order valence-electron chi connectivity index (χ2n) is 6.52. The van der Waals surface area contributed by atoms with E-state index >= 15 is 0 Å². The fourth-order valence-electron chi connectivity index (χ4n) is 3.35. The summed E-state index contributed by atoms with van der Waals surface area (Å²) in [6, 6.07) is 11.9. The van der Waals surface area contributed by atoms with E-state index in [1.54, 1.807) is 0 Å². The van der Waals surface area contributed by atoms with E-state index in [2.05, 4.69) is 6.07 Å². The van der Waals surface area contributed by atoms with Crippen LogP contribution >= 0.6 is 0 Å². The van der Waals surface area contributed by atoms with Crippen molar-refractivity contribution in [3.63, 3.8) is 0 Å². The molecule has 1 fully saturated rings. The van der Waals surface area contributed by atoms with Gasteiger partial charge in [0, 0.05) is 6.42 Å². The fraction of sp³-hybridized carbons (Fsp3) is 0.250. The van der Waals surface area contributed by atoms with Crippen LogP contribution < -0.4 is 4.90 Å². The smallest absolute Gasteiger partial charge is 0.335 e. The number of carbonyl (C=O) groups excluding carboxylic acids is 2. The Balaban J connectivity index is 1.81. The van der Waals surface area contributed by atoms with E-state index in [-0.39, 0.29) is 29.7 Å². The first-order chi connectivity index (χ1) is 11.8. The molecule has 0 aromatic heterocycles. The van der Waals surface area contributed by atoms with Gasteiger partial charge in [0.1, 0.15) is 0 Å². The summed E-state index contributed by atoms with van der Waals surface area (Å²) in [5.41, 5.74) is 3.85. The minimum atomic E-state index is -1.04. The largest absolute Gasteiger partial charge is 0.478 e. The number of anilines is 1. The zero-order chi connectivity index (χ0) is 18.1. The maximum Gasteiger partial charge on any atom is 0.335 e. The number of imide groups is 1. The van der Waals surface area contributed by atoms with Gasteiger partial charge >= 0.3 is 5.97 Å². The van der Waals surface area contributed by atoms with Crippen LogP contribution in [-0.4, -0.2) is 22.9 Å². The molecule has 0 unspecified atom stereocenters. The van der Waals surface area contributed by atoms with Crippen molar-refractivity contribution in [2.75, 3.05) is 4.90 Å². The molecule has 5 nitrogen and oxygen atoms in total. The first-order valence-corrected chi connectivity index (χ1v) is 8.12. The van der Waals surface area contributed by atoms with E-state index in [9.17, 15) is 14.4 Å². The molecule has 5 heteroatoms. The highest BCUT2D eigenvalue weighted by Gasteiger charge is 2.39. The Kier molecular flexibility index (Phi) is 4.40. The van der Waals surface area contributed by atoms with Crippen molar-refractivity contribution in [3.05, 3.63) is 64.7 Å². The minimum absolute atomic E-state index is 0.120. The zero-order valence-electron chi connectivity index (χ0n) is 14.2. The first-order valence-electron chi connectivity index (χ1n) is 8.12. The van der Waals surface area contributed by atoms with E-state index in [4.69, 9.17) is 5.11 Å². The van der Waals surface area contributed by atoms with Crippen LogP contribution in [0.5, 0.6) is 0 Å². The van der Waals surface area contributed by atoms with Crippen LogP contribution in [0.3, 0.4) is 0 Å². The van der Waals surface area contributed by atoms with E-state index < -0.39 is 5.97 Å². The normalized spacial score (nSPS) is 17.2. The summed E-state index contributed by atoms with van der Waals surface area (Å²) in [5.74, 6) is -1.90. The molecule has 1 aliphatic heterocycles. The van der Waals surface area contributed by atoms with Crippen molar-refractivity contribution in [2.45, 2.75) is 26.7 Å². The second kappa shape index (κ2) is 6.51. The molecule has 2 aromatic rings. The van der Waals surface area contributed by atoms with Crippen molar-refractivity contribution >= 4 is 23.5 Å². The van der Waals surface area contributed by atoms with Crippen LogP contribution in [0, 0.1) is 19.8 Å². The third kappa shape index (κ3) is 3.45. The van der Waals surface area contributed by atoms with E-state index in [0.717, 1.165) is 16.7 Å². The number of benzene rings is 2. The average molecular weight is 337 g/mol. The summed E-state index contributed by atoms with van der Waals surface area (Å²) in [4.78, 5) is 37.1. The molecular formula is C20H19NO4. The van der Waals surface area contributed by atoms with Gasteiger partial charge in [0.25, 0.3) is 0 Å². The van der Waals surface area contributed by atoms with Crippen molar-refractivity contribution in [1.82, 2.24) is 0 Å². The Morgan fingerprint density at radius 3 is 2.24 bits per heavy atom. The lowest BCUT2D eigenvalue weighted by Gasteiger charge is -2.15. The first kappa shape index (κ1) is 16.9. The number of nitrogens with zero attached hydrogens (tertiary/aromatic N) is 1. The maximum atomic E-state index is 12.7. The Hall–Kier alpha value is -2.95. The van der Waals surface area contributed by atoms with Gasteiger partial charge in [-0.1, -0.05) is 29.3 Å². The lowest BCUT2D eigenvalue weighted by atomic mass is 9.95. The number of hydrogen-bond donors (Lipinski definition) is 1. The monoisotopic (exact) mass is 337 g/mol. The SMILES string of the molecule is Cc1cc(C)cc(C[C@H]2CC(=O)N(c3ccc(C(=O)O)cc3)C2=O)c1. The molecular weight excluding hydrogens is 318 g/mol. The summed E-state index contributed by atoms with van der Waals surface area (Å²) in [5, 5.41) is 8.95. The van der Waals surface area contributed by atoms with Crippen molar-refractivity contribution < 1.29 is 19.5 Å². The molecule has 3 rings (SSSR count). The van der Waals surface area contributed by atoms with Crippen molar-refractivity contribution in [2.24, 2.45) is 5.92 Å². The van der Waals surface area contributed by atoms with Crippen molar-refractivity contribution in [3.8, 4) is 0 Å². The van der Waals surface area contributed by atoms with Crippen LogP contribution in [0.4, 0.5) is 5.69 Å². The third-order valence-electron chi connectivity index (χ3n) is 4.38. The molecule has 2 aromatic carbocycles. The standard InChI is InChI=1S/C20H19NO4/c1-12-7-13(2)9-14(8-12)10-16-11-18(22)21(19(16)23)17-5-3-15(4-6-17)20(24)25/h3-9,16H,10-11H2,1-2H3,(H,24,25)/t16-/m0/s1. The third-order valence-corrected chi connectivity index (χ3v) is 4.38. The Morgan fingerprint density at radius 2 is 1.68 bits per heavy atom. The summed E-state index contributed by atoms with van der Waals surface area (Å²) < 4.78 is 0. The van der Waals surface area contributed by atoms with Crippen LogP contribution in [0.15, 0.2) is 42.5 Å². The van der Waals surface area contributed by atoms with Crippen LogP contribution in [0.25, 0.3) is 0 Å². The van der Waals surface area contributed by atoms with Gasteiger partial charge < -0.3 is 5.11 Å². The van der Waals surface area contributed by atoms with Crippen LogP contribution in [0.1, 0.15) is 33.5 Å². The lowest BCUT2D eigenvalue weighted by Crippen LogP contribution is -2.30. The highest BCUT2D eigenvalue weighted by molar-refractivity contribution is 6.21. The molecule has 0 bridgehead atoms. The Bertz CT molecular complexity index is 834. The molecule has 128 valence electrons. The molecule has 0 radical (unpaired) electrons. The minimum Gasteiger partial charge on any atom is -0.478 e. The lowest BCUT2D eigenvalue weighted by molar-refractivity contribution is -0.122. The fourth-order valence-corrected chi connectivity index (χ4v) is 3.35. The number of carboxylic acids is 1. The van der Waals surface area contributed by atoms with Gasteiger partial charge in [-0.3, -0.25) is 14.5 Å². The molecule has 0 saturated carbocycles. The summed E-state index contributed by atoms with van der Waals surface area (Å²) in [6.45, 7) is 4.02. The van der Waals surface area contributed by atoms with Gasteiger partial charge in [0.15, 0.2) is 0 Å². The molecule has 1 heterocycles.